The first-order valence-electron chi connectivity index (χ1n) is 7.29. The number of carbonyl (C=O) groups excluding carboxylic acids is 1. The highest BCUT2D eigenvalue weighted by molar-refractivity contribution is 7.89. The van der Waals surface area contributed by atoms with Crippen molar-refractivity contribution >= 4 is 21.9 Å². The zero-order valence-corrected chi connectivity index (χ0v) is 14.1. The summed E-state index contributed by atoms with van der Waals surface area (Å²) in [7, 11) is -1.67. The highest BCUT2D eigenvalue weighted by Crippen LogP contribution is 2.05. The van der Waals surface area contributed by atoms with Gasteiger partial charge in [-0.15, -0.1) is 0 Å². The van der Waals surface area contributed by atoms with Crippen LogP contribution in [0.15, 0.2) is 24.3 Å². The van der Waals surface area contributed by atoms with Crippen LogP contribution < -0.4 is 5.32 Å². The van der Waals surface area contributed by atoms with Gasteiger partial charge in [0.1, 0.15) is 0 Å². The van der Waals surface area contributed by atoms with E-state index in [0.717, 1.165) is 5.56 Å². The molecule has 0 fully saturated rings. The van der Waals surface area contributed by atoms with E-state index in [2.05, 4.69) is 5.32 Å². The lowest BCUT2D eigenvalue weighted by Crippen LogP contribution is -2.32. The molecule has 128 valence electrons. The molecule has 23 heavy (non-hydrogen) atoms. The molecule has 1 aromatic carbocycles. The van der Waals surface area contributed by atoms with E-state index < -0.39 is 16.0 Å². The molecule has 0 aromatic heterocycles. The summed E-state index contributed by atoms with van der Waals surface area (Å²) in [5.41, 5.74) is 0.896. The average Bonchev–Trinajstić information content (AvgIpc) is 2.51. The van der Waals surface area contributed by atoms with Crippen molar-refractivity contribution < 1.29 is 23.1 Å². The molecule has 0 heterocycles. The molecule has 0 aliphatic rings. The fraction of sp³-hybridized carbons (Fsp3) is 0.467. The lowest BCUT2D eigenvalue weighted by atomic mass is 10.1. The molecule has 0 aliphatic carbocycles. The maximum Gasteiger partial charge on any atom is 0.335 e. The van der Waals surface area contributed by atoms with Gasteiger partial charge >= 0.3 is 5.97 Å². The Morgan fingerprint density at radius 3 is 2.35 bits per heavy atom. The number of aromatic carboxylic acids is 1. The average molecular weight is 342 g/mol. The van der Waals surface area contributed by atoms with Gasteiger partial charge in [-0.25, -0.2) is 17.5 Å². The van der Waals surface area contributed by atoms with Crippen molar-refractivity contribution in [1.29, 1.82) is 0 Å². The van der Waals surface area contributed by atoms with Crippen LogP contribution in [0.5, 0.6) is 0 Å². The van der Waals surface area contributed by atoms with Gasteiger partial charge in [-0.05, 0) is 31.0 Å². The third-order valence-electron chi connectivity index (χ3n) is 3.38. The number of carboxylic acids is 1. The first kappa shape index (κ1) is 19.1. The fourth-order valence-corrected chi connectivity index (χ4v) is 2.75. The van der Waals surface area contributed by atoms with Gasteiger partial charge in [0, 0.05) is 20.1 Å². The number of carboxylic acid groups (broad SMARTS) is 1. The topological polar surface area (TPSA) is 104 Å². The number of benzene rings is 1. The van der Waals surface area contributed by atoms with Crippen molar-refractivity contribution in [2.24, 2.45) is 0 Å². The Hall–Kier alpha value is -1.93. The summed E-state index contributed by atoms with van der Waals surface area (Å²) in [5, 5.41) is 11.5. The molecule has 8 heteroatoms. The van der Waals surface area contributed by atoms with Gasteiger partial charge in [-0.3, -0.25) is 4.79 Å². The summed E-state index contributed by atoms with van der Waals surface area (Å²) >= 11 is 0. The van der Waals surface area contributed by atoms with Gasteiger partial charge in [0.25, 0.3) is 0 Å². The number of nitrogens with one attached hydrogen (secondary N) is 1. The van der Waals surface area contributed by atoms with E-state index in [0.29, 0.717) is 19.5 Å². The van der Waals surface area contributed by atoms with Gasteiger partial charge in [-0.2, -0.15) is 0 Å². The quantitative estimate of drug-likeness (QED) is 0.644. The summed E-state index contributed by atoms with van der Waals surface area (Å²) in [4.78, 5) is 22.5. The van der Waals surface area contributed by atoms with Crippen molar-refractivity contribution in [2.75, 3.05) is 25.9 Å². The minimum absolute atomic E-state index is 0.0577. The van der Waals surface area contributed by atoms with Gasteiger partial charge in [0.2, 0.25) is 15.9 Å². The molecule has 2 N–H and O–H groups in total. The monoisotopic (exact) mass is 342 g/mol. The highest BCUT2D eigenvalue weighted by atomic mass is 32.2. The van der Waals surface area contributed by atoms with Crippen LogP contribution in [-0.2, 0) is 21.2 Å². The minimum Gasteiger partial charge on any atom is -0.478 e. The van der Waals surface area contributed by atoms with Crippen LogP contribution in [0.25, 0.3) is 0 Å². The van der Waals surface area contributed by atoms with E-state index >= 15 is 0 Å². The Morgan fingerprint density at radius 2 is 1.83 bits per heavy atom. The van der Waals surface area contributed by atoms with E-state index in [-0.39, 0.29) is 23.6 Å². The number of hydrogen-bond donors (Lipinski definition) is 2. The van der Waals surface area contributed by atoms with Crippen molar-refractivity contribution in [3.63, 3.8) is 0 Å². The van der Waals surface area contributed by atoms with E-state index in [9.17, 15) is 18.0 Å². The molecule has 0 saturated heterocycles. The van der Waals surface area contributed by atoms with Crippen LogP contribution >= 0.6 is 0 Å². The fourth-order valence-electron chi connectivity index (χ4n) is 1.90. The van der Waals surface area contributed by atoms with Crippen LogP contribution in [0.3, 0.4) is 0 Å². The van der Waals surface area contributed by atoms with Crippen molar-refractivity contribution in [2.45, 2.75) is 19.8 Å². The minimum atomic E-state index is -3.19. The number of hydrogen-bond acceptors (Lipinski definition) is 4. The van der Waals surface area contributed by atoms with E-state index in [1.807, 2.05) is 0 Å². The molecule has 1 amide bonds. The lowest BCUT2D eigenvalue weighted by Gasteiger charge is -2.15. The molecule has 0 saturated carbocycles. The molecule has 0 aliphatic heterocycles. The predicted molar refractivity (Wildman–Crippen MR) is 86.8 cm³/mol. The molecule has 0 radical (unpaired) electrons. The highest BCUT2D eigenvalue weighted by Gasteiger charge is 2.14. The number of carbonyl (C=O) groups is 2. The third kappa shape index (κ3) is 6.37. The van der Waals surface area contributed by atoms with Crippen LogP contribution in [0, 0.1) is 0 Å². The van der Waals surface area contributed by atoms with Crippen LogP contribution in [0.4, 0.5) is 0 Å². The number of nitrogens with zero attached hydrogens (tertiary/aromatic N) is 1. The number of amides is 1. The number of rotatable bonds is 9. The molecule has 0 bridgehead atoms. The smallest absolute Gasteiger partial charge is 0.335 e. The Labute approximate surface area is 136 Å². The van der Waals surface area contributed by atoms with Crippen LogP contribution in [-0.4, -0.2) is 55.6 Å². The molecule has 1 rings (SSSR count). The molecule has 0 spiro atoms. The molecular formula is C15H22N2O5S. The van der Waals surface area contributed by atoms with Gasteiger partial charge in [0.05, 0.1) is 17.7 Å². The van der Waals surface area contributed by atoms with E-state index in [1.54, 1.807) is 19.1 Å². The van der Waals surface area contributed by atoms with Crippen LogP contribution in [0.2, 0.25) is 0 Å². The first-order chi connectivity index (χ1) is 10.8. The predicted octanol–water partition coefficient (Wildman–Crippen LogP) is 0.715. The normalized spacial score (nSPS) is 11.4. The number of sulfonamides is 1. The van der Waals surface area contributed by atoms with Gasteiger partial charge < -0.3 is 10.4 Å². The maximum atomic E-state index is 11.8. The second kappa shape index (κ2) is 8.64. The third-order valence-corrected chi connectivity index (χ3v) is 5.24. The second-order valence-corrected chi connectivity index (χ2v) is 7.47. The van der Waals surface area contributed by atoms with Crippen LogP contribution in [0.1, 0.15) is 29.3 Å². The lowest BCUT2D eigenvalue weighted by molar-refractivity contribution is -0.120. The molecule has 0 atom stereocenters. The summed E-state index contributed by atoms with van der Waals surface area (Å²) < 4.78 is 24.4. The summed E-state index contributed by atoms with van der Waals surface area (Å²) in [5.74, 6) is -1.14. The summed E-state index contributed by atoms with van der Waals surface area (Å²) in [6.45, 7) is 2.32. The van der Waals surface area contributed by atoms with Crippen molar-refractivity contribution in [3.05, 3.63) is 35.4 Å². The summed E-state index contributed by atoms with van der Waals surface area (Å²) in [6, 6.07) is 6.11. The molecule has 0 unspecified atom stereocenters. The van der Waals surface area contributed by atoms with Crippen molar-refractivity contribution in [3.8, 4) is 0 Å². The Kier molecular flexibility index (Phi) is 7.18. The van der Waals surface area contributed by atoms with Crippen molar-refractivity contribution in [1.82, 2.24) is 9.62 Å². The molecule has 1 aromatic rings. The van der Waals surface area contributed by atoms with Gasteiger partial charge in [0.15, 0.2) is 0 Å². The standard InChI is InChI=1S/C15H22N2O5S/c1-3-23(21,22)17(2)10-4-9-16-14(18)11-12-5-7-13(8-6-12)15(19)20/h5-8H,3-4,9-11H2,1-2H3,(H,16,18)(H,19,20). The second-order valence-electron chi connectivity index (χ2n) is 5.10. The zero-order valence-electron chi connectivity index (χ0n) is 13.3. The molecular weight excluding hydrogens is 320 g/mol. The maximum absolute atomic E-state index is 11.8. The Bertz CT molecular complexity index is 640. The Balaban J connectivity index is 2.33. The molecule has 7 nitrogen and oxygen atoms in total. The largest absolute Gasteiger partial charge is 0.478 e. The van der Waals surface area contributed by atoms with E-state index in [1.165, 1.54) is 23.5 Å². The zero-order chi connectivity index (χ0) is 17.5. The SMILES string of the molecule is CCS(=O)(=O)N(C)CCCNC(=O)Cc1ccc(C(=O)O)cc1. The Morgan fingerprint density at radius 1 is 1.22 bits per heavy atom. The van der Waals surface area contributed by atoms with E-state index in [4.69, 9.17) is 5.11 Å². The van der Waals surface area contributed by atoms with Gasteiger partial charge in [-0.1, -0.05) is 12.1 Å². The summed E-state index contributed by atoms with van der Waals surface area (Å²) in [6.07, 6.45) is 0.683. The first-order valence-corrected chi connectivity index (χ1v) is 8.90.